The number of carbonyl (C=O) groups excluding carboxylic acids is 1. The molecule has 0 aromatic rings. The smallest absolute Gasteiger partial charge is 0.306 e. The molecule has 0 saturated carbocycles. The summed E-state index contributed by atoms with van der Waals surface area (Å²) in [6, 6.07) is 0. The predicted molar refractivity (Wildman–Crippen MR) is 270 cm³/mol. The van der Waals surface area contributed by atoms with Crippen molar-refractivity contribution in [3.05, 3.63) is 60.8 Å². The number of hydrogen-bond acceptors (Lipinski definition) is 4. The van der Waals surface area contributed by atoms with Gasteiger partial charge in [-0.3, -0.25) is 4.79 Å². The summed E-state index contributed by atoms with van der Waals surface area (Å²) in [7, 11) is 0. The van der Waals surface area contributed by atoms with Crippen molar-refractivity contribution in [2.24, 2.45) is 0 Å². The molecule has 0 amide bonds. The van der Waals surface area contributed by atoms with Crippen LogP contribution in [0.2, 0.25) is 0 Å². The molecule has 0 aliphatic heterocycles. The second kappa shape index (κ2) is 54.2. The van der Waals surface area contributed by atoms with E-state index in [1.807, 2.05) is 0 Å². The maximum Gasteiger partial charge on any atom is 0.306 e. The van der Waals surface area contributed by atoms with E-state index in [4.69, 9.17) is 9.47 Å². The summed E-state index contributed by atoms with van der Waals surface area (Å²) in [4.78, 5) is 12.3. The van der Waals surface area contributed by atoms with E-state index in [0.29, 0.717) is 19.6 Å². The summed E-state index contributed by atoms with van der Waals surface area (Å²) in [5.41, 5.74) is 0. The standard InChI is InChI=1S/C57H104O4/c1-3-5-7-9-11-13-15-17-19-21-23-25-27-29-30-32-34-36-38-40-42-44-46-48-50-52-57(59)61-56(54-58)55-60-53-51-49-47-45-43-41-39-37-35-33-31-28-26-24-22-20-18-16-14-12-10-8-6-4-2/h15-18,21-24,28,31,56,58H,3-14,19-20,25-27,29-30,32-55H2,1-2H3/b17-15-,18-16-,23-21-,24-22-,31-28-. The van der Waals surface area contributed by atoms with Crippen LogP contribution in [-0.4, -0.2) is 37.0 Å². The molecule has 4 nitrogen and oxygen atoms in total. The predicted octanol–water partition coefficient (Wildman–Crippen LogP) is 18.3. The van der Waals surface area contributed by atoms with E-state index < -0.39 is 6.10 Å². The normalized spacial score (nSPS) is 12.8. The fourth-order valence-corrected chi connectivity index (χ4v) is 7.78. The maximum absolute atomic E-state index is 12.3. The van der Waals surface area contributed by atoms with Crippen molar-refractivity contribution in [2.75, 3.05) is 19.8 Å². The zero-order valence-electron chi connectivity index (χ0n) is 40.9. The molecule has 0 saturated heterocycles. The molecule has 4 heteroatoms. The first-order chi connectivity index (χ1) is 30.2. The Hall–Kier alpha value is -1.91. The van der Waals surface area contributed by atoms with E-state index in [0.717, 1.165) is 38.5 Å². The number of rotatable bonds is 50. The number of unbranched alkanes of at least 4 members (excludes halogenated alkanes) is 32. The summed E-state index contributed by atoms with van der Waals surface area (Å²) in [6.45, 7) is 5.34. The van der Waals surface area contributed by atoms with Gasteiger partial charge in [0.1, 0.15) is 6.10 Å². The van der Waals surface area contributed by atoms with Crippen molar-refractivity contribution in [2.45, 2.75) is 277 Å². The summed E-state index contributed by atoms with van der Waals surface area (Å²) in [5, 5.41) is 9.66. The second-order valence-electron chi connectivity index (χ2n) is 17.9. The first-order valence-electron chi connectivity index (χ1n) is 26.9. The van der Waals surface area contributed by atoms with Crippen LogP contribution < -0.4 is 0 Å². The topological polar surface area (TPSA) is 55.8 Å². The summed E-state index contributed by atoms with van der Waals surface area (Å²) >= 11 is 0. The zero-order chi connectivity index (χ0) is 44.0. The molecule has 0 bridgehead atoms. The van der Waals surface area contributed by atoms with Gasteiger partial charge < -0.3 is 14.6 Å². The van der Waals surface area contributed by atoms with Crippen molar-refractivity contribution in [1.29, 1.82) is 0 Å². The molecule has 0 aliphatic carbocycles. The minimum atomic E-state index is -0.541. The Kier molecular flexibility index (Phi) is 52.5. The third-order valence-corrected chi connectivity index (χ3v) is 11.8. The lowest BCUT2D eigenvalue weighted by molar-refractivity contribution is -0.154. The Morgan fingerprint density at radius 1 is 0.393 bits per heavy atom. The minimum Gasteiger partial charge on any atom is -0.457 e. The van der Waals surface area contributed by atoms with Gasteiger partial charge in [0.2, 0.25) is 0 Å². The van der Waals surface area contributed by atoms with Gasteiger partial charge in [-0.25, -0.2) is 0 Å². The molecule has 1 atom stereocenters. The van der Waals surface area contributed by atoms with Crippen molar-refractivity contribution in [3.8, 4) is 0 Å². The lowest BCUT2D eigenvalue weighted by atomic mass is 10.0. The molecule has 61 heavy (non-hydrogen) atoms. The van der Waals surface area contributed by atoms with Crippen LogP contribution in [0.5, 0.6) is 0 Å². The molecule has 0 fully saturated rings. The quantitative estimate of drug-likeness (QED) is 0.0376. The Morgan fingerprint density at radius 3 is 1.03 bits per heavy atom. The zero-order valence-corrected chi connectivity index (χ0v) is 40.9. The largest absolute Gasteiger partial charge is 0.457 e. The van der Waals surface area contributed by atoms with Gasteiger partial charge >= 0.3 is 5.97 Å². The van der Waals surface area contributed by atoms with Crippen molar-refractivity contribution < 1.29 is 19.4 Å². The van der Waals surface area contributed by atoms with E-state index >= 15 is 0 Å². The molecule has 0 spiro atoms. The summed E-state index contributed by atoms with van der Waals surface area (Å²) in [5.74, 6) is -0.202. The van der Waals surface area contributed by atoms with Crippen LogP contribution >= 0.6 is 0 Å². The maximum atomic E-state index is 12.3. The summed E-state index contributed by atoms with van der Waals surface area (Å²) < 4.78 is 11.2. The van der Waals surface area contributed by atoms with Crippen LogP contribution in [0, 0.1) is 0 Å². The fourth-order valence-electron chi connectivity index (χ4n) is 7.78. The highest BCUT2D eigenvalue weighted by molar-refractivity contribution is 5.69. The number of esters is 1. The van der Waals surface area contributed by atoms with Gasteiger partial charge in [0.05, 0.1) is 13.2 Å². The molecule has 356 valence electrons. The Bertz CT molecular complexity index is 993. The first-order valence-corrected chi connectivity index (χ1v) is 26.9. The van der Waals surface area contributed by atoms with Gasteiger partial charge in [0.15, 0.2) is 0 Å². The van der Waals surface area contributed by atoms with Crippen LogP contribution in [0.1, 0.15) is 271 Å². The van der Waals surface area contributed by atoms with E-state index in [1.165, 1.54) is 212 Å². The van der Waals surface area contributed by atoms with Gasteiger partial charge in [0.25, 0.3) is 0 Å². The van der Waals surface area contributed by atoms with Crippen LogP contribution in [0.25, 0.3) is 0 Å². The number of allylic oxidation sites excluding steroid dienone is 10. The van der Waals surface area contributed by atoms with Crippen LogP contribution in [0.3, 0.4) is 0 Å². The van der Waals surface area contributed by atoms with Crippen LogP contribution in [0.15, 0.2) is 60.8 Å². The van der Waals surface area contributed by atoms with Crippen molar-refractivity contribution in [1.82, 2.24) is 0 Å². The third-order valence-electron chi connectivity index (χ3n) is 11.8. The first kappa shape index (κ1) is 59.1. The van der Waals surface area contributed by atoms with Crippen molar-refractivity contribution >= 4 is 5.97 Å². The lowest BCUT2D eigenvalue weighted by Crippen LogP contribution is -2.27. The second-order valence-corrected chi connectivity index (χ2v) is 17.9. The van der Waals surface area contributed by atoms with Crippen LogP contribution in [0.4, 0.5) is 0 Å². The van der Waals surface area contributed by atoms with Gasteiger partial charge in [-0.2, -0.15) is 0 Å². The molecule has 0 aliphatic rings. The lowest BCUT2D eigenvalue weighted by Gasteiger charge is -2.16. The average molecular weight is 853 g/mol. The van der Waals surface area contributed by atoms with Gasteiger partial charge in [-0.15, -0.1) is 0 Å². The highest BCUT2D eigenvalue weighted by Gasteiger charge is 2.13. The molecule has 0 heterocycles. The molecular formula is C57H104O4. The van der Waals surface area contributed by atoms with Gasteiger partial charge in [-0.1, -0.05) is 242 Å². The number of hydrogen-bond donors (Lipinski definition) is 1. The van der Waals surface area contributed by atoms with Crippen LogP contribution in [-0.2, 0) is 14.3 Å². The Labute approximate surface area is 381 Å². The monoisotopic (exact) mass is 853 g/mol. The van der Waals surface area contributed by atoms with E-state index in [2.05, 4.69) is 74.6 Å². The molecular weight excluding hydrogens is 749 g/mol. The molecule has 1 N–H and O–H groups in total. The Morgan fingerprint density at radius 2 is 0.689 bits per heavy atom. The van der Waals surface area contributed by atoms with Crippen molar-refractivity contribution in [3.63, 3.8) is 0 Å². The van der Waals surface area contributed by atoms with E-state index in [9.17, 15) is 9.90 Å². The molecule has 0 aromatic heterocycles. The number of carbonyl (C=O) groups is 1. The molecule has 0 aromatic carbocycles. The fraction of sp³-hybridized carbons (Fsp3) is 0.807. The Balaban J connectivity index is 3.42. The highest BCUT2D eigenvalue weighted by Crippen LogP contribution is 2.15. The average Bonchev–Trinajstić information content (AvgIpc) is 3.27. The van der Waals surface area contributed by atoms with Gasteiger partial charge in [0, 0.05) is 13.0 Å². The number of aliphatic hydroxyl groups is 1. The SMILES string of the molecule is CCCCCCC/C=C\C/C=C\C/C=C\CCCCCCCCCCCOCC(CO)OC(=O)CCCCCCCCCCCCCCC/C=C\C/C=C\CCCCCCC. The van der Waals surface area contributed by atoms with Gasteiger partial charge in [-0.05, 0) is 83.5 Å². The summed E-state index contributed by atoms with van der Waals surface area (Å²) in [6.07, 6.45) is 73.2. The number of ether oxygens (including phenoxy) is 2. The number of aliphatic hydroxyl groups excluding tert-OH is 1. The molecule has 0 radical (unpaired) electrons. The molecule has 0 rings (SSSR count). The molecule has 1 unspecified atom stereocenters. The highest BCUT2D eigenvalue weighted by atomic mass is 16.6. The third kappa shape index (κ3) is 52.3. The van der Waals surface area contributed by atoms with E-state index in [1.54, 1.807) is 0 Å². The minimum absolute atomic E-state index is 0.175. The van der Waals surface area contributed by atoms with E-state index in [-0.39, 0.29) is 12.6 Å².